The summed E-state index contributed by atoms with van der Waals surface area (Å²) in [5.74, 6) is -0.821. The second-order valence-electron chi connectivity index (χ2n) is 6.77. The van der Waals surface area contributed by atoms with Crippen molar-refractivity contribution in [3.63, 3.8) is 0 Å². The molecule has 8 heteroatoms. The van der Waals surface area contributed by atoms with Gasteiger partial charge < -0.3 is 18.9 Å². The van der Waals surface area contributed by atoms with Crippen LogP contribution in [0, 0.1) is 6.92 Å². The van der Waals surface area contributed by atoms with Crippen molar-refractivity contribution < 1.29 is 31.5 Å². The van der Waals surface area contributed by atoms with Crippen LogP contribution in [0.15, 0.2) is 29.2 Å². The second kappa shape index (κ2) is 5.48. The van der Waals surface area contributed by atoms with Gasteiger partial charge in [0.1, 0.15) is 18.3 Å². The molecule has 0 radical (unpaired) electrons. The zero-order valence-electron chi connectivity index (χ0n) is 13.7. The summed E-state index contributed by atoms with van der Waals surface area (Å²) in [6.07, 6.45) is -2.96. The van der Waals surface area contributed by atoms with Gasteiger partial charge in [-0.15, -0.1) is 0 Å². The van der Waals surface area contributed by atoms with E-state index >= 15 is 0 Å². The van der Waals surface area contributed by atoms with Gasteiger partial charge in [0.05, 0.1) is 11.5 Å². The van der Waals surface area contributed by atoms with Crippen molar-refractivity contribution in [1.82, 2.24) is 0 Å². The van der Waals surface area contributed by atoms with Crippen molar-refractivity contribution in [2.45, 2.75) is 62.2 Å². The van der Waals surface area contributed by atoms with Crippen LogP contribution in [-0.4, -0.2) is 51.5 Å². The minimum Gasteiger partial charge on any atom is -0.347 e. The minimum atomic E-state index is -3.97. The maximum Gasteiger partial charge on any atom is 0.297 e. The molecule has 0 amide bonds. The fourth-order valence-corrected chi connectivity index (χ4v) is 4.38. The molecule has 5 unspecified atom stereocenters. The summed E-state index contributed by atoms with van der Waals surface area (Å²) >= 11 is 0. The first-order chi connectivity index (χ1) is 11.3. The molecule has 2 bridgehead atoms. The van der Waals surface area contributed by atoms with Gasteiger partial charge in [-0.2, -0.15) is 8.42 Å². The maximum atomic E-state index is 12.6. The topological polar surface area (TPSA) is 80.3 Å². The first kappa shape index (κ1) is 16.4. The number of hydrogen-bond acceptors (Lipinski definition) is 7. The molecule has 0 aromatic heterocycles. The van der Waals surface area contributed by atoms with Crippen molar-refractivity contribution in [1.29, 1.82) is 0 Å². The summed E-state index contributed by atoms with van der Waals surface area (Å²) in [6, 6.07) is 6.47. The number of aryl methyl sites for hydroxylation is 1. The summed E-state index contributed by atoms with van der Waals surface area (Å²) in [5.41, 5.74) is 0.964. The van der Waals surface area contributed by atoms with Crippen LogP contribution in [-0.2, 0) is 33.2 Å². The molecular formula is C16H20O7S. The van der Waals surface area contributed by atoms with Crippen LogP contribution in [0.5, 0.6) is 0 Å². The number of ether oxygens (including phenoxy) is 4. The molecule has 4 rings (SSSR count). The minimum absolute atomic E-state index is 0.0861. The monoisotopic (exact) mass is 356 g/mol. The third-order valence-corrected chi connectivity index (χ3v) is 5.73. The van der Waals surface area contributed by atoms with Crippen LogP contribution >= 0.6 is 0 Å². The molecule has 1 aromatic carbocycles. The normalized spacial score (nSPS) is 37.4. The summed E-state index contributed by atoms with van der Waals surface area (Å²) in [4.78, 5) is 0.0861. The Labute approximate surface area is 140 Å². The Balaban J connectivity index is 1.62. The average Bonchev–Trinajstić information content (AvgIpc) is 3.07. The quantitative estimate of drug-likeness (QED) is 0.756. The van der Waals surface area contributed by atoms with Crippen molar-refractivity contribution in [3.8, 4) is 0 Å². The van der Waals surface area contributed by atoms with Crippen molar-refractivity contribution in [2.75, 3.05) is 6.61 Å². The van der Waals surface area contributed by atoms with Gasteiger partial charge in [0.25, 0.3) is 10.1 Å². The second-order valence-corrected chi connectivity index (χ2v) is 8.34. The Bertz CT molecular complexity index is 727. The van der Waals surface area contributed by atoms with Crippen molar-refractivity contribution in [2.24, 2.45) is 0 Å². The van der Waals surface area contributed by atoms with Gasteiger partial charge in [0.2, 0.25) is 0 Å². The largest absolute Gasteiger partial charge is 0.347 e. The molecule has 3 aliphatic rings. The van der Waals surface area contributed by atoms with Crippen molar-refractivity contribution >= 4 is 10.1 Å². The first-order valence-electron chi connectivity index (χ1n) is 7.88. The lowest BCUT2D eigenvalue weighted by Crippen LogP contribution is -2.53. The van der Waals surface area contributed by atoms with Gasteiger partial charge in [0.15, 0.2) is 18.2 Å². The van der Waals surface area contributed by atoms with Gasteiger partial charge in [-0.1, -0.05) is 17.7 Å². The summed E-state index contributed by atoms with van der Waals surface area (Å²) in [5, 5.41) is 0. The molecule has 132 valence electrons. The smallest absolute Gasteiger partial charge is 0.297 e. The van der Waals surface area contributed by atoms with Gasteiger partial charge in [0, 0.05) is 0 Å². The number of fused-ring (bicyclic) bond motifs is 4. The van der Waals surface area contributed by atoms with Crippen LogP contribution < -0.4 is 0 Å². The molecular weight excluding hydrogens is 336 g/mol. The summed E-state index contributed by atoms with van der Waals surface area (Å²) in [6.45, 7) is 5.78. The van der Waals surface area contributed by atoms with E-state index in [-0.39, 0.29) is 11.0 Å². The molecule has 0 saturated carbocycles. The van der Waals surface area contributed by atoms with E-state index in [0.717, 1.165) is 5.56 Å². The highest BCUT2D eigenvalue weighted by Crippen LogP contribution is 2.42. The molecule has 0 N–H and O–H groups in total. The number of rotatable bonds is 3. The van der Waals surface area contributed by atoms with E-state index in [1.807, 2.05) is 6.92 Å². The Morgan fingerprint density at radius 3 is 2.50 bits per heavy atom. The molecule has 5 atom stereocenters. The summed E-state index contributed by atoms with van der Waals surface area (Å²) in [7, 11) is -3.97. The van der Waals surface area contributed by atoms with Gasteiger partial charge in [-0.25, -0.2) is 0 Å². The van der Waals surface area contributed by atoms with E-state index in [9.17, 15) is 8.42 Å². The molecule has 3 heterocycles. The molecule has 3 fully saturated rings. The maximum absolute atomic E-state index is 12.6. The molecule has 7 nitrogen and oxygen atoms in total. The SMILES string of the molecule is Cc1ccc(S(=O)(=O)OC2C3OCC(O3)C3OC(C)(C)OC32)cc1. The van der Waals surface area contributed by atoms with E-state index < -0.39 is 40.5 Å². The lowest BCUT2D eigenvalue weighted by atomic mass is 10.0. The highest BCUT2D eigenvalue weighted by Gasteiger charge is 2.60. The molecule has 1 aromatic rings. The van der Waals surface area contributed by atoms with Gasteiger partial charge in [-0.3, -0.25) is 4.18 Å². The van der Waals surface area contributed by atoms with Gasteiger partial charge in [-0.05, 0) is 32.9 Å². The van der Waals surface area contributed by atoms with Crippen LogP contribution in [0.1, 0.15) is 19.4 Å². The average molecular weight is 356 g/mol. The summed E-state index contributed by atoms with van der Waals surface area (Å²) < 4.78 is 53.6. The lowest BCUT2D eigenvalue weighted by Gasteiger charge is -2.34. The Hall–Kier alpha value is -1.03. The van der Waals surface area contributed by atoms with Gasteiger partial charge >= 0.3 is 0 Å². The van der Waals surface area contributed by atoms with Crippen LogP contribution in [0.25, 0.3) is 0 Å². The first-order valence-corrected chi connectivity index (χ1v) is 9.29. The molecule has 3 aliphatic heterocycles. The molecule has 24 heavy (non-hydrogen) atoms. The zero-order valence-corrected chi connectivity index (χ0v) is 14.5. The van der Waals surface area contributed by atoms with E-state index in [0.29, 0.717) is 6.61 Å². The Kier molecular flexibility index (Phi) is 3.76. The highest BCUT2D eigenvalue weighted by atomic mass is 32.2. The molecule has 3 saturated heterocycles. The lowest BCUT2D eigenvalue weighted by molar-refractivity contribution is -0.194. The number of benzene rings is 1. The van der Waals surface area contributed by atoms with Crippen LogP contribution in [0.2, 0.25) is 0 Å². The van der Waals surface area contributed by atoms with Crippen molar-refractivity contribution in [3.05, 3.63) is 29.8 Å². The highest BCUT2D eigenvalue weighted by molar-refractivity contribution is 7.86. The van der Waals surface area contributed by atoms with E-state index in [1.165, 1.54) is 12.1 Å². The zero-order chi connectivity index (χ0) is 17.1. The van der Waals surface area contributed by atoms with E-state index in [4.69, 9.17) is 23.1 Å². The Morgan fingerprint density at radius 1 is 1.12 bits per heavy atom. The fourth-order valence-electron chi connectivity index (χ4n) is 3.31. The Morgan fingerprint density at radius 2 is 1.79 bits per heavy atom. The molecule has 0 aliphatic carbocycles. The van der Waals surface area contributed by atoms with Crippen LogP contribution in [0.4, 0.5) is 0 Å². The van der Waals surface area contributed by atoms with E-state index in [1.54, 1.807) is 26.0 Å². The third-order valence-electron chi connectivity index (χ3n) is 4.40. The predicted molar refractivity (Wildman–Crippen MR) is 81.7 cm³/mol. The third kappa shape index (κ3) is 2.77. The van der Waals surface area contributed by atoms with Crippen LogP contribution in [0.3, 0.4) is 0 Å². The number of hydrogen-bond donors (Lipinski definition) is 0. The fraction of sp³-hybridized carbons (Fsp3) is 0.625. The van der Waals surface area contributed by atoms with E-state index in [2.05, 4.69) is 0 Å². The standard InChI is InChI=1S/C16H20O7S/c1-9-4-6-10(7-5-9)24(17,18)23-14-13-12(21-16(2,3)22-13)11-8-19-15(14)20-11/h4-7,11-15H,8H2,1-3H3. The molecule has 0 spiro atoms. The predicted octanol–water partition coefficient (Wildman–Crippen LogP) is 1.34.